The lowest BCUT2D eigenvalue weighted by atomic mass is 9.78. The van der Waals surface area contributed by atoms with Crippen molar-refractivity contribution in [2.45, 2.75) is 32.2 Å². The molecular weight excluding hydrogens is 440 g/mol. The van der Waals surface area contributed by atoms with Crippen LogP contribution in [0.15, 0.2) is 72.8 Å². The highest BCUT2D eigenvalue weighted by atomic mass is 16.5. The molecule has 0 bridgehead atoms. The standard InChI is InChI=1S/C29H32N2O4/c1-19(2)17-18-30-28(32)26-24-7-5-6-8-25(24)29(33)31(21-11-15-23(35-4)16-12-21)27(26)20-9-13-22(34-3)14-10-20/h5-16,19,26-27H,17-18H2,1-4H3,(H,30,32). The molecule has 4 rings (SSSR count). The maximum absolute atomic E-state index is 13.9. The van der Waals surface area contributed by atoms with Crippen LogP contribution in [0.4, 0.5) is 5.69 Å². The summed E-state index contributed by atoms with van der Waals surface area (Å²) in [5, 5.41) is 3.13. The minimum Gasteiger partial charge on any atom is -0.497 e. The number of hydrogen-bond donors (Lipinski definition) is 1. The van der Waals surface area contributed by atoms with Gasteiger partial charge in [-0.15, -0.1) is 0 Å². The number of carbonyl (C=O) groups is 2. The molecular formula is C29H32N2O4. The molecule has 0 saturated carbocycles. The molecule has 2 atom stereocenters. The molecule has 2 unspecified atom stereocenters. The highest BCUT2D eigenvalue weighted by molar-refractivity contribution is 6.11. The van der Waals surface area contributed by atoms with E-state index in [4.69, 9.17) is 9.47 Å². The van der Waals surface area contributed by atoms with Crippen molar-refractivity contribution < 1.29 is 19.1 Å². The third kappa shape index (κ3) is 5.02. The van der Waals surface area contributed by atoms with E-state index >= 15 is 0 Å². The molecule has 0 spiro atoms. The highest BCUT2D eigenvalue weighted by Crippen LogP contribution is 2.45. The molecule has 0 aliphatic carbocycles. The Morgan fingerprint density at radius 3 is 2.11 bits per heavy atom. The molecule has 0 aromatic heterocycles. The van der Waals surface area contributed by atoms with Gasteiger partial charge in [0, 0.05) is 17.8 Å². The molecule has 6 heteroatoms. The highest BCUT2D eigenvalue weighted by Gasteiger charge is 2.44. The van der Waals surface area contributed by atoms with E-state index in [0.29, 0.717) is 35.2 Å². The zero-order valence-electron chi connectivity index (χ0n) is 20.7. The molecule has 0 radical (unpaired) electrons. The lowest BCUT2D eigenvalue weighted by Crippen LogP contribution is -2.47. The van der Waals surface area contributed by atoms with Crippen LogP contribution in [-0.2, 0) is 4.79 Å². The predicted molar refractivity (Wildman–Crippen MR) is 137 cm³/mol. The van der Waals surface area contributed by atoms with Crippen molar-refractivity contribution in [3.05, 3.63) is 89.5 Å². The molecule has 3 aromatic rings. The van der Waals surface area contributed by atoms with Crippen LogP contribution in [0, 0.1) is 5.92 Å². The Morgan fingerprint density at radius 1 is 0.914 bits per heavy atom. The van der Waals surface area contributed by atoms with Gasteiger partial charge in [-0.1, -0.05) is 44.2 Å². The first-order valence-corrected chi connectivity index (χ1v) is 11.9. The predicted octanol–water partition coefficient (Wildman–Crippen LogP) is 5.35. The molecule has 3 aromatic carbocycles. The van der Waals surface area contributed by atoms with Gasteiger partial charge in [0.25, 0.3) is 5.91 Å². The fourth-order valence-corrected chi connectivity index (χ4v) is 4.58. The number of amides is 2. The van der Waals surface area contributed by atoms with Gasteiger partial charge in [-0.3, -0.25) is 14.5 Å². The number of fused-ring (bicyclic) bond motifs is 1. The van der Waals surface area contributed by atoms with E-state index in [0.717, 1.165) is 17.5 Å². The molecule has 1 aliphatic rings. The zero-order valence-corrected chi connectivity index (χ0v) is 20.7. The minimum atomic E-state index is -0.577. The molecule has 0 saturated heterocycles. The normalized spacial score (nSPS) is 17.2. The van der Waals surface area contributed by atoms with Crippen molar-refractivity contribution in [1.29, 1.82) is 0 Å². The van der Waals surface area contributed by atoms with Gasteiger partial charge in [0.15, 0.2) is 0 Å². The van der Waals surface area contributed by atoms with Crippen LogP contribution in [0.2, 0.25) is 0 Å². The summed E-state index contributed by atoms with van der Waals surface area (Å²) in [6.07, 6.45) is 0.883. The summed E-state index contributed by atoms with van der Waals surface area (Å²) in [5.41, 5.74) is 2.83. The van der Waals surface area contributed by atoms with Crippen LogP contribution < -0.4 is 19.7 Å². The average Bonchev–Trinajstić information content (AvgIpc) is 2.88. The first-order chi connectivity index (χ1) is 16.9. The van der Waals surface area contributed by atoms with Gasteiger partial charge < -0.3 is 14.8 Å². The quantitative estimate of drug-likeness (QED) is 0.480. The summed E-state index contributed by atoms with van der Waals surface area (Å²) in [6.45, 7) is 4.85. The van der Waals surface area contributed by atoms with Gasteiger partial charge in [0.05, 0.1) is 26.2 Å². The van der Waals surface area contributed by atoms with Crippen LogP contribution in [0.3, 0.4) is 0 Å². The smallest absolute Gasteiger partial charge is 0.259 e. The number of methoxy groups -OCH3 is 2. The number of nitrogens with one attached hydrogen (secondary N) is 1. The van der Waals surface area contributed by atoms with Gasteiger partial charge in [0.2, 0.25) is 5.91 Å². The van der Waals surface area contributed by atoms with E-state index in [-0.39, 0.29) is 11.8 Å². The Balaban J connectivity index is 1.86. The summed E-state index contributed by atoms with van der Waals surface area (Å²) >= 11 is 0. The largest absolute Gasteiger partial charge is 0.497 e. The number of rotatable bonds is 8. The summed E-state index contributed by atoms with van der Waals surface area (Å²) in [5.74, 6) is 1.07. The van der Waals surface area contributed by atoms with Crippen molar-refractivity contribution in [3.8, 4) is 11.5 Å². The lowest BCUT2D eigenvalue weighted by Gasteiger charge is -2.42. The minimum absolute atomic E-state index is 0.0927. The molecule has 2 amide bonds. The average molecular weight is 473 g/mol. The van der Waals surface area contributed by atoms with E-state index in [1.807, 2.05) is 66.7 Å². The van der Waals surface area contributed by atoms with Crippen LogP contribution in [0.1, 0.15) is 53.7 Å². The van der Waals surface area contributed by atoms with Crippen molar-refractivity contribution in [1.82, 2.24) is 5.32 Å². The van der Waals surface area contributed by atoms with E-state index in [1.165, 1.54) is 0 Å². The Labute approximate surface area is 206 Å². The Hall–Kier alpha value is -3.80. The first kappa shape index (κ1) is 24.3. The molecule has 1 heterocycles. The Morgan fingerprint density at radius 2 is 1.51 bits per heavy atom. The fourth-order valence-electron chi connectivity index (χ4n) is 4.58. The molecule has 35 heavy (non-hydrogen) atoms. The van der Waals surface area contributed by atoms with Crippen LogP contribution in [-0.4, -0.2) is 32.6 Å². The zero-order chi connectivity index (χ0) is 24.9. The topological polar surface area (TPSA) is 67.9 Å². The number of benzene rings is 3. The number of anilines is 1. The van der Waals surface area contributed by atoms with E-state index in [1.54, 1.807) is 25.2 Å². The van der Waals surface area contributed by atoms with Gasteiger partial charge in [-0.05, 0) is 65.9 Å². The molecule has 0 fully saturated rings. The molecule has 182 valence electrons. The van der Waals surface area contributed by atoms with Gasteiger partial charge in [0.1, 0.15) is 11.5 Å². The van der Waals surface area contributed by atoms with Crippen molar-refractivity contribution >= 4 is 17.5 Å². The van der Waals surface area contributed by atoms with E-state index < -0.39 is 12.0 Å². The van der Waals surface area contributed by atoms with Crippen molar-refractivity contribution in [2.24, 2.45) is 5.92 Å². The third-order valence-corrected chi connectivity index (χ3v) is 6.45. The summed E-state index contributed by atoms with van der Waals surface area (Å²) in [6, 6.07) is 21.8. The van der Waals surface area contributed by atoms with E-state index in [9.17, 15) is 9.59 Å². The molecule has 1 aliphatic heterocycles. The number of ether oxygens (including phenoxy) is 2. The maximum Gasteiger partial charge on any atom is 0.259 e. The number of carbonyl (C=O) groups excluding carboxylic acids is 2. The Bertz CT molecular complexity index is 1170. The lowest BCUT2D eigenvalue weighted by molar-refractivity contribution is -0.123. The van der Waals surface area contributed by atoms with E-state index in [2.05, 4.69) is 19.2 Å². The summed E-state index contributed by atoms with van der Waals surface area (Å²) < 4.78 is 10.7. The molecule has 1 N–H and O–H groups in total. The second-order valence-electron chi connectivity index (χ2n) is 9.13. The fraction of sp³-hybridized carbons (Fsp3) is 0.310. The first-order valence-electron chi connectivity index (χ1n) is 11.9. The van der Waals surface area contributed by atoms with Gasteiger partial charge in [-0.2, -0.15) is 0 Å². The van der Waals surface area contributed by atoms with Crippen LogP contribution in [0.25, 0.3) is 0 Å². The van der Waals surface area contributed by atoms with Crippen molar-refractivity contribution in [3.63, 3.8) is 0 Å². The van der Waals surface area contributed by atoms with Gasteiger partial charge in [-0.25, -0.2) is 0 Å². The number of nitrogens with zero attached hydrogens (tertiary/aromatic N) is 1. The SMILES string of the molecule is COc1ccc(C2C(C(=O)NCCC(C)C)c3ccccc3C(=O)N2c2ccc(OC)cc2)cc1. The van der Waals surface area contributed by atoms with Crippen LogP contribution >= 0.6 is 0 Å². The number of hydrogen-bond acceptors (Lipinski definition) is 4. The van der Waals surface area contributed by atoms with Gasteiger partial charge >= 0.3 is 0 Å². The summed E-state index contributed by atoms with van der Waals surface area (Å²) in [7, 11) is 3.22. The Kier molecular flexibility index (Phi) is 7.39. The second kappa shape index (κ2) is 10.6. The maximum atomic E-state index is 13.9. The monoisotopic (exact) mass is 472 g/mol. The van der Waals surface area contributed by atoms with Crippen LogP contribution in [0.5, 0.6) is 11.5 Å². The van der Waals surface area contributed by atoms with Crippen molar-refractivity contribution in [2.75, 3.05) is 25.7 Å². The molecule has 6 nitrogen and oxygen atoms in total. The third-order valence-electron chi connectivity index (χ3n) is 6.45. The summed E-state index contributed by atoms with van der Waals surface area (Å²) in [4.78, 5) is 29.4. The second-order valence-corrected chi connectivity index (χ2v) is 9.13.